The third-order valence-corrected chi connectivity index (χ3v) is 4.53. The third kappa shape index (κ3) is 3.25. The molecule has 0 spiro atoms. The van der Waals surface area contributed by atoms with Crippen molar-refractivity contribution in [3.8, 4) is 0 Å². The molecule has 5 heteroatoms. The molecule has 1 fully saturated rings. The lowest BCUT2D eigenvalue weighted by atomic mass is 9.92. The molecule has 0 unspecified atom stereocenters. The molecular formula is C14H17BrF3N. The first-order chi connectivity index (χ1) is 8.74. The summed E-state index contributed by atoms with van der Waals surface area (Å²) in [5.41, 5.74) is -0.269. The van der Waals surface area contributed by atoms with Crippen LogP contribution in [0.1, 0.15) is 32.3 Å². The van der Waals surface area contributed by atoms with Crippen molar-refractivity contribution in [1.29, 1.82) is 0 Å². The predicted molar refractivity (Wildman–Crippen MR) is 74.1 cm³/mol. The van der Waals surface area contributed by atoms with Gasteiger partial charge in [0, 0.05) is 16.7 Å². The Labute approximate surface area is 119 Å². The number of nitrogens with one attached hydrogen (secondary N) is 1. The molecule has 0 amide bonds. The molecule has 0 bridgehead atoms. The maximum atomic E-state index is 12.9. The van der Waals surface area contributed by atoms with E-state index in [1.165, 1.54) is 12.1 Å². The summed E-state index contributed by atoms with van der Waals surface area (Å²) in [7, 11) is 0. The van der Waals surface area contributed by atoms with E-state index in [-0.39, 0.29) is 11.1 Å². The van der Waals surface area contributed by atoms with E-state index < -0.39 is 11.7 Å². The highest BCUT2D eigenvalue weighted by molar-refractivity contribution is 9.10. The molecule has 19 heavy (non-hydrogen) atoms. The van der Waals surface area contributed by atoms with Gasteiger partial charge in [-0.2, -0.15) is 13.2 Å². The molecule has 0 radical (unpaired) electrons. The van der Waals surface area contributed by atoms with Gasteiger partial charge >= 0.3 is 6.18 Å². The van der Waals surface area contributed by atoms with Gasteiger partial charge in [0.15, 0.2) is 0 Å². The fourth-order valence-corrected chi connectivity index (χ4v) is 2.66. The van der Waals surface area contributed by atoms with E-state index in [4.69, 9.17) is 0 Å². The summed E-state index contributed by atoms with van der Waals surface area (Å²) in [6, 6.07) is 4.03. The zero-order chi connectivity index (χ0) is 14.3. The van der Waals surface area contributed by atoms with E-state index in [0.29, 0.717) is 16.9 Å². The van der Waals surface area contributed by atoms with Gasteiger partial charge in [0.1, 0.15) is 0 Å². The molecule has 1 saturated carbocycles. The van der Waals surface area contributed by atoms with Crippen molar-refractivity contribution in [2.45, 2.75) is 32.9 Å². The van der Waals surface area contributed by atoms with Crippen LogP contribution < -0.4 is 5.32 Å². The molecule has 0 heterocycles. The van der Waals surface area contributed by atoms with Crippen LogP contribution in [-0.2, 0) is 6.18 Å². The van der Waals surface area contributed by atoms with Crippen LogP contribution in [0.3, 0.4) is 0 Å². The second-order valence-corrected chi connectivity index (χ2v) is 6.47. The molecule has 1 nitrogen and oxygen atoms in total. The van der Waals surface area contributed by atoms with Crippen LogP contribution in [0.15, 0.2) is 22.7 Å². The molecule has 0 atom stereocenters. The van der Waals surface area contributed by atoms with Crippen molar-refractivity contribution < 1.29 is 13.2 Å². The van der Waals surface area contributed by atoms with Crippen LogP contribution >= 0.6 is 15.9 Å². The second-order valence-electron chi connectivity index (χ2n) is 5.56. The highest BCUT2D eigenvalue weighted by atomic mass is 79.9. The topological polar surface area (TPSA) is 12.0 Å². The molecule has 1 aromatic carbocycles. The minimum atomic E-state index is -4.32. The molecule has 1 N–H and O–H groups in total. The summed E-state index contributed by atoms with van der Waals surface area (Å²) in [4.78, 5) is 0. The lowest BCUT2D eigenvalue weighted by molar-refractivity contribution is -0.137. The van der Waals surface area contributed by atoms with Crippen LogP contribution in [0.25, 0.3) is 0 Å². The summed E-state index contributed by atoms with van der Waals surface area (Å²) in [5, 5.41) is 2.99. The fourth-order valence-electron chi connectivity index (χ4n) is 2.30. The Morgan fingerprint density at radius 3 is 2.42 bits per heavy atom. The van der Waals surface area contributed by atoms with E-state index in [2.05, 4.69) is 35.1 Å². The van der Waals surface area contributed by atoms with Gasteiger partial charge in [-0.1, -0.05) is 29.8 Å². The largest absolute Gasteiger partial charge is 0.418 e. The summed E-state index contributed by atoms with van der Waals surface area (Å²) < 4.78 is 39.4. The summed E-state index contributed by atoms with van der Waals surface area (Å²) in [6.07, 6.45) is -2.14. The Balaban J connectivity index is 2.18. The van der Waals surface area contributed by atoms with E-state index in [1.807, 2.05) is 0 Å². The van der Waals surface area contributed by atoms with Crippen molar-refractivity contribution in [2.75, 3.05) is 11.9 Å². The SMILES string of the molecule is CC(C)C1(CNc2cc(Br)ccc2C(F)(F)F)CC1. The van der Waals surface area contributed by atoms with E-state index in [1.54, 1.807) is 0 Å². The number of rotatable bonds is 4. The van der Waals surface area contributed by atoms with E-state index >= 15 is 0 Å². The lowest BCUT2D eigenvalue weighted by Gasteiger charge is -2.22. The van der Waals surface area contributed by atoms with Gasteiger partial charge in [-0.15, -0.1) is 0 Å². The first-order valence-electron chi connectivity index (χ1n) is 6.35. The van der Waals surface area contributed by atoms with Crippen molar-refractivity contribution in [1.82, 2.24) is 0 Å². The van der Waals surface area contributed by atoms with Gasteiger partial charge < -0.3 is 5.32 Å². The summed E-state index contributed by atoms with van der Waals surface area (Å²) >= 11 is 3.22. The van der Waals surface area contributed by atoms with Crippen molar-refractivity contribution in [3.05, 3.63) is 28.2 Å². The highest BCUT2D eigenvalue weighted by Gasteiger charge is 2.45. The zero-order valence-electron chi connectivity index (χ0n) is 10.9. The summed E-state index contributed by atoms with van der Waals surface area (Å²) in [6.45, 7) is 4.85. The predicted octanol–water partition coefficient (Wildman–Crippen LogP) is 5.32. The number of anilines is 1. The minimum absolute atomic E-state index is 0.161. The van der Waals surface area contributed by atoms with Crippen LogP contribution in [0, 0.1) is 11.3 Å². The number of halogens is 4. The first kappa shape index (κ1) is 14.7. The van der Waals surface area contributed by atoms with Crippen LogP contribution in [0.2, 0.25) is 0 Å². The molecule has 0 aliphatic heterocycles. The average Bonchev–Trinajstić information content (AvgIpc) is 3.05. The number of benzene rings is 1. The summed E-state index contributed by atoms with van der Waals surface area (Å²) in [5.74, 6) is 0.487. The third-order valence-electron chi connectivity index (χ3n) is 4.03. The molecule has 2 rings (SSSR count). The monoisotopic (exact) mass is 335 g/mol. The van der Waals surface area contributed by atoms with Gasteiger partial charge in [-0.25, -0.2) is 0 Å². The zero-order valence-corrected chi connectivity index (χ0v) is 12.5. The molecule has 1 aromatic rings. The van der Waals surface area contributed by atoms with Gasteiger partial charge in [-0.3, -0.25) is 0 Å². The average molecular weight is 336 g/mol. The maximum Gasteiger partial charge on any atom is 0.418 e. The lowest BCUT2D eigenvalue weighted by Crippen LogP contribution is -2.22. The Hall–Kier alpha value is -0.710. The Kier molecular flexibility index (Phi) is 3.87. The maximum absolute atomic E-state index is 12.9. The quantitative estimate of drug-likeness (QED) is 0.785. The first-order valence-corrected chi connectivity index (χ1v) is 7.14. The molecule has 1 aliphatic rings. The highest BCUT2D eigenvalue weighted by Crippen LogP contribution is 2.52. The van der Waals surface area contributed by atoms with Gasteiger partial charge in [0.25, 0.3) is 0 Å². The van der Waals surface area contributed by atoms with Gasteiger partial charge in [0.2, 0.25) is 0 Å². The second kappa shape index (κ2) is 5.00. The van der Waals surface area contributed by atoms with E-state index in [9.17, 15) is 13.2 Å². The standard InChI is InChI=1S/C14H17BrF3N/c1-9(2)13(5-6-13)8-19-12-7-10(15)3-4-11(12)14(16,17)18/h3-4,7,9,19H,5-6,8H2,1-2H3. The van der Waals surface area contributed by atoms with Crippen LogP contribution in [-0.4, -0.2) is 6.54 Å². The molecule has 1 aliphatic carbocycles. The minimum Gasteiger partial charge on any atom is -0.384 e. The van der Waals surface area contributed by atoms with Gasteiger partial charge in [0.05, 0.1) is 5.56 Å². The Morgan fingerprint density at radius 1 is 1.32 bits per heavy atom. The smallest absolute Gasteiger partial charge is 0.384 e. The molecular weight excluding hydrogens is 319 g/mol. The number of hydrogen-bond donors (Lipinski definition) is 1. The fraction of sp³-hybridized carbons (Fsp3) is 0.571. The van der Waals surface area contributed by atoms with Crippen molar-refractivity contribution in [2.24, 2.45) is 11.3 Å². The van der Waals surface area contributed by atoms with Crippen molar-refractivity contribution >= 4 is 21.6 Å². The molecule has 0 saturated heterocycles. The molecule has 106 valence electrons. The van der Waals surface area contributed by atoms with Crippen LogP contribution in [0.5, 0.6) is 0 Å². The number of alkyl halides is 3. The molecule has 0 aromatic heterocycles. The Morgan fingerprint density at radius 2 is 1.95 bits per heavy atom. The number of hydrogen-bond acceptors (Lipinski definition) is 1. The van der Waals surface area contributed by atoms with E-state index in [0.717, 1.165) is 18.9 Å². The van der Waals surface area contributed by atoms with Crippen LogP contribution in [0.4, 0.5) is 18.9 Å². The van der Waals surface area contributed by atoms with Gasteiger partial charge in [-0.05, 0) is 42.4 Å². The van der Waals surface area contributed by atoms with Crippen molar-refractivity contribution in [3.63, 3.8) is 0 Å². The Bertz CT molecular complexity index is 464. The normalized spacial score (nSPS) is 17.6.